The molecule has 0 amide bonds. The molecule has 0 fully saturated rings. The van der Waals surface area contributed by atoms with Gasteiger partial charge in [0.25, 0.3) is 0 Å². The van der Waals surface area contributed by atoms with Crippen LogP contribution in [0.25, 0.3) is 66.5 Å². The van der Waals surface area contributed by atoms with E-state index in [0.717, 1.165) is 12.8 Å². The van der Waals surface area contributed by atoms with E-state index in [1.54, 1.807) is 0 Å². The predicted octanol–water partition coefficient (Wildman–Crippen LogP) is 9.04. The molecule has 0 atom stereocenters. The van der Waals surface area contributed by atoms with Gasteiger partial charge in [0.2, 0.25) is 0 Å². The third-order valence-electron chi connectivity index (χ3n) is 7.79. The maximum Gasteiger partial charge on any atom is 0.0544 e. The fraction of sp³-hybridized carbons (Fsp3) is 0.0588. The van der Waals surface area contributed by atoms with Gasteiger partial charge in [-0.2, -0.15) is 0 Å². The Morgan fingerprint density at radius 3 is 2.28 bits per heavy atom. The van der Waals surface area contributed by atoms with Crippen LogP contribution in [0.5, 0.6) is 0 Å². The summed E-state index contributed by atoms with van der Waals surface area (Å²) in [5, 5.41) is 5.28. The van der Waals surface area contributed by atoms with E-state index in [-0.39, 0.29) is 0 Å². The lowest BCUT2D eigenvalue weighted by Gasteiger charge is -2.13. The van der Waals surface area contributed by atoms with Crippen molar-refractivity contribution in [2.24, 2.45) is 0 Å². The smallest absolute Gasteiger partial charge is 0.0544 e. The summed E-state index contributed by atoms with van der Waals surface area (Å²) < 4.78 is 2.43. The summed E-state index contributed by atoms with van der Waals surface area (Å²) in [4.78, 5) is 3.56. The topological polar surface area (TPSA) is 20.7 Å². The van der Waals surface area contributed by atoms with Crippen LogP contribution in [0.1, 0.15) is 17.5 Å². The van der Waals surface area contributed by atoms with E-state index < -0.39 is 0 Å². The van der Waals surface area contributed by atoms with Gasteiger partial charge in [-0.25, -0.2) is 0 Å². The number of allylic oxidation sites excluding steroid dienone is 1. The quantitative estimate of drug-likeness (QED) is 0.266. The minimum absolute atomic E-state index is 1.09. The zero-order valence-corrected chi connectivity index (χ0v) is 19.8. The number of aryl methyl sites for hydroxylation is 1. The number of aromatic amines is 1. The summed E-state index contributed by atoms with van der Waals surface area (Å²) in [6, 6.07) is 37.7. The molecular weight excluding hydrogens is 436 g/mol. The van der Waals surface area contributed by atoms with Crippen molar-refractivity contribution >= 4 is 49.7 Å². The van der Waals surface area contributed by atoms with Crippen LogP contribution >= 0.6 is 0 Å². The van der Waals surface area contributed by atoms with E-state index in [0.29, 0.717) is 0 Å². The summed E-state index contributed by atoms with van der Waals surface area (Å²) in [6.45, 7) is 0. The fourth-order valence-corrected chi connectivity index (χ4v) is 6.13. The van der Waals surface area contributed by atoms with Crippen LogP contribution in [0, 0.1) is 0 Å². The second-order valence-electron chi connectivity index (χ2n) is 9.80. The zero-order valence-electron chi connectivity index (χ0n) is 19.8. The van der Waals surface area contributed by atoms with Crippen LogP contribution in [0.3, 0.4) is 0 Å². The molecule has 8 rings (SSSR count). The van der Waals surface area contributed by atoms with Crippen molar-refractivity contribution < 1.29 is 0 Å². The first kappa shape index (κ1) is 19.7. The molecule has 36 heavy (non-hydrogen) atoms. The Labute approximate surface area is 209 Å². The van der Waals surface area contributed by atoms with Gasteiger partial charge in [-0.3, -0.25) is 0 Å². The van der Waals surface area contributed by atoms with E-state index in [4.69, 9.17) is 0 Å². The summed E-state index contributed by atoms with van der Waals surface area (Å²) in [7, 11) is 0. The van der Waals surface area contributed by atoms with Crippen LogP contribution in [0.2, 0.25) is 0 Å². The van der Waals surface area contributed by atoms with Crippen LogP contribution in [0.4, 0.5) is 0 Å². The number of fused-ring (bicyclic) bond motifs is 8. The SMILES string of the molecule is C1=Cc2ccc3c(c2CC1)c1cc(-c2ccc4[nH]c5ccccc5c4c2)ccc1n3-c1ccccc1. The molecule has 2 heteroatoms. The van der Waals surface area contributed by atoms with Crippen molar-refractivity contribution in [2.75, 3.05) is 0 Å². The molecule has 0 radical (unpaired) electrons. The van der Waals surface area contributed by atoms with Gasteiger partial charge in [-0.1, -0.05) is 66.7 Å². The summed E-state index contributed by atoms with van der Waals surface area (Å²) >= 11 is 0. The second kappa shape index (κ2) is 7.47. The molecule has 2 nitrogen and oxygen atoms in total. The standard InChI is InChI=1S/C34H24N2/c1-2-9-25(10-3-1)36-32-18-16-24(21-29(32)34-26-11-5-4-8-22(26)15-19-33(34)36)23-14-17-31-28(20-23)27-12-6-7-13-30(27)35-31/h1-4,6-10,12-21,35H,5,11H2. The van der Waals surface area contributed by atoms with E-state index in [1.165, 1.54) is 71.6 Å². The molecule has 0 aliphatic heterocycles. The van der Waals surface area contributed by atoms with Crippen molar-refractivity contribution in [3.63, 3.8) is 0 Å². The Hall–Kier alpha value is -4.56. The van der Waals surface area contributed by atoms with Gasteiger partial charge in [-0.15, -0.1) is 0 Å². The normalized spacial score (nSPS) is 13.2. The van der Waals surface area contributed by atoms with Gasteiger partial charge >= 0.3 is 0 Å². The van der Waals surface area contributed by atoms with E-state index in [1.807, 2.05) is 0 Å². The predicted molar refractivity (Wildman–Crippen MR) is 153 cm³/mol. The number of H-pyrrole nitrogens is 1. The van der Waals surface area contributed by atoms with Crippen molar-refractivity contribution in [2.45, 2.75) is 12.8 Å². The van der Waals surface area contributed by atoms with Gasteiger partial charge in [0.15, 0.2) is 0 Å². The highest BCUT2D eigenvalue weighted by atomic mass is 15.0. The van der Waals surface area contributed by atoms with Gasteiger partial charge < -0.3 is 9.55 Å². The molecule has 2 aromatic heterocycles. The molecule has 0 spiro atoms. The average Bonchev–Trinajstić information content (AvgIpc) is 3.48. The third-order valence-corrected chi connectivity index (χ3v) is 7.79. The largest absolute Gasteiger partial charge is 0.355 e. The van der Waals surface area contributed by atoms with Crippen LogP contribution in [-0.2, 0) is 6.42 Å². The van der Waals surface area contributed by atoms with Crippen LogP contribution < -0.4 is 0 Å². The minimum Gasteiger partial charge on any atom is -0.355 e. The molecule has 7 aromatic rings. The van der Waals surface area contributed by atoms with Gasteiger partial charge in [0.05, 0.1) is 11.0 Å². The van der Waals surface area contributed by atoms with E-state index in [9.17, 15) is 0 Å². The monoisotopic (exact) mass is 460 g/mol. The molecule has 0 saturated carbocycles. The maximum atomic E-state index is 3.56. The Morgan fingerprint density at radius 1 is 0.611 bits per heavy atom. The minimum atomic E-state index is 1.09. The van der Waals surface area contributed by atoms with Crippen molar-refractivity contribution in [1.82, 2.24) is 9.55 Å². The van der Waals surface area contributed by atoms with Crippen LogP contribution in [-0.4, -0.2) is 9.55 Å². The van der Waals surface area contributed by atoms with Gasteiger partial charge in [-0.05, 0) is 83.6 Å². The summed E-state index contributed by atoms with van der Waals surface area (Å²) in [6.07, 6.45) is 6.77. The molecule has 0 bridgehead atoms. The number of rotatable bonds is 2. The Bertz CT molecular complexity index is 1980. The lowest BCUT2D eigenvalue weighted by molar-refractivity contribution is 0.997. The number of hydrogen-bond acceptors (Lipinski definition) is 0. The number of para-hydroxylation sites is 2. The van der Waals surface area contributed by atoms with E-state index >= 15 is 0 Å². The molecule has 2 heterocycles. The number of hydrogen-bond donors (Lipinski definition) is 1. The maximum absolute atomic E-state index is 3.56. The van der Waals surface area contributed by atoms with Crippen molar-refractivity contribution in [3.8, 4) is 16.8 Å². The molecule has 0 unspecified atom stereocenters. The Kier molecular flexibility index (Phi) is 4.09. The van der Waals surface area contributed by atoms with E-state index in [2.05, 4.69) is 125 Å². The van der Waals surface area contributed by atoms with Crippen molar-refractivity contribution in [3.05, 3.63) is 120 Å². The number of nitrogens with one attached hydrogen (secondary N) is 1. The first-order valence-electron chi connectivity index (χ1n) is 12.7. The molecule has 170 valence electrons. The highest BCUT2D eigenvalue weighted by molar-refractivity contribution is 6.13. The first-order valence-corrected chi connectivity index (χ1v) is 12.7. The second-order valence-corrected chi connectivity index (χ2v) is 9.80. The third kappa shape index (κ3) is 2.79. The lowest BCUT2D eigenvalue weighted by atomic mass is 9.92. The first-order chi connectivity index (χ1) is 17.8. The summed E-state index contributed by atoms with van der Waals surface area (Å²) in [5.41, 5.74) is 11.5. The number of nitrogens with zero attached hydrogens (tertiary/aromatic N) is 1. The number of aromatic nitrogens is 2. The lowest BCUT2D eigenvalue weighted by Crippen LogP contribution is -1.97. The highest BCUT2D eigenvalue weighted by Crippen LogP contribution is 2.40. The molecule has 1 aliphatic rings. The average molecular weight is 461 g/mol. The zero-order chi connectivity index (χ0) is 23.6. The highest BCUT2D eigenvalue weighted by Gasteiger charge is 2.19. The van der Waals surface area contributed by atoms with Crippen LogP contribution in [0.15, 0.2) is 109 Å². The Morgan fingerprint density at radius 2 is 1.36 bits per heavy atom. The number of benzene rings is 5. The molecule has 5 aromatic carbocycles. The molecule has 1 aliphatic carbocycles. The van der Waals surface area contributed by atoms with Gasteiger partial charge in [0.1, 0.15) is 0 Å². The van der Waals surface area contributed by atoms with Crippen molar-refractivity contribution in [1.29, 1.82) is 0 Å². The molecular formula is C34H24N2. The summed E-state index contributed by atoms with van der Waals surface area (Å²) in [5.74, 6) is 0. The van der Waals surface area contributed by atoms with Gasteiger partial charge in [0, 0.05) is 38.3 Å². The molecule has 1 N–H and O–H groups in total. The molecule has 0 saturated heterocycles. The fourth-order valence-electron chi connectivity index (χ4n) is 6.13. The Balaban J connectivity index is 1.43.